The number of hydrogen-bond acceptors (Lipinski definition) is 3. The van der Waals surface area contributed by atoms with Gasteiger partial charge < -0.3 is 0 Å². The molecule has 0 aliphatic rings. The highest BCUT2D eigenvalue weighted by Crippen LogP contribution is 2.14. The fourth-order valence-electron chi connectivity index (χ4n) is 1.06. The van der Waals surface area contributed by atoms with Gasteiger partial charge in [-0.2, -0.15) is 0 Å². The minimum Gasteiger partial charge on any atom is -0.298 e. The zero-order valence-electron chi connectivity index (χ0n) is 8.01. The summed E-state index contributed by atoms with van der Waals surface area (Å²) in [4.78, 5) is 15.6. The third-order valence-electron chi connectivity index (χ3n) is 1.76. The van der Waals surface area contributed by atoms with Gasteiger partial charge in [-0.15, -0.1) is 28.3 Å². The summed E-state index contributed by atoms with van der Waals surface area (Å²) in [5, 5.41) is 5.69. The first-order chi connectivity index (χ1) is 7.25. The van der Waals surface area contributed by atoms with Crippen LogP contribution in [0.5, 0.6) is 0 Å². The Balaban J connectivity index is 0.00000128. The number of nitrogens with one attached hydrogen (secondary N) is 1. The van der Waals surface area contributed by atoms with Crippen molar-refractivity contribution < 1.29 is 4.79 Å². The molecule has 0 fully saturated rings. The van der Waals surface area contributed by atoms with Gasteiger partial charge in [0.25, 0.3) is 5.91 Å². The first-order valence-electron chi connectivity index (χ1n) is 4.22. The molecule has 0 saturated heterocycles. The minimum absolute atomic E-state index is 0. The Hall–Kier alpha value is -0.910. The van der Waals surface area contributed by atoms with Crippen LogP contribution in [0.3, 0.4) is 0 Å². The maximum atomic E-state index is 11.6. The summed E-state index contributed by atoms with van der Waals surface area (Å²) in [7, 11) is 0. The number of carbonyl (C=O) groups is 1. The van der Waals surface area contributed by atoms with Gasteiger partial charge in [0, 0.05) is 22.2 Å². The number of aromatic nitrogens is 1. The topological polar surface area (TPSA) is 42.0 Å². The molecule has 0 atom stereocenters. The second-order valence-electron chi connectivity index (χ2n) is 2.80. The van der Waals surface area contributed by atoms with E-state index in [-0.39, 0.29) is 22.9 Å². The van der Waals surface area contributed by atoms with Crippen LogP contribution in [0.2, 0.25) is 5.02 Å². The van der Waals surface area contributed by atoms with Crippen LogP contribution in [0.15, 0.2) is 35.8 Å². The second-order valence-corrected chi connectivity index (χ2v) is 4.13. The lowest BCUT2D eigenvalue weighted by molar-refractivity contribution is 0.102. The largest absolute Gasteiger partial charge is 0.298 e. The summed E-state index contributed by atoms with van der Waals surface area (Å²) in [6.07, 6.45) is 1.64. The Kier molecular flexibility index (Phi) is 4.92. The fourth-order valence-corrected chi connectivity index (χ4v) is 1.71. The van der Waals surface area contributed by atoms with Gasteiger partial charge in [-0.1, -0.05) is 11.6 Å². The number of nitrogens with zero attached hydrogens (tertiary/aromatic N) is 1. The predicted octanol–water partition coefficient (Wildman–Crippen LogP) is 3.63. The van der Waals surface area contributed by atoms with Crippen molar-refractivity contribution in [3.8, 4) is 0 Å². The Bertz CT molecular complexity index is 458. The first kappa shape index (κ1) is 13.2. The van der Waals surface area contributed by atoms with Crippen molar-refractivity contribution >= 4 is 51.0 Å². The highest BCUT2D eigenvalue weighted by atomic mass is 79.9. The Morgan fingerprint density at radius 2 is 2.00 bits per heavy atom. The van der Waals surface area contributed by atoms with E-state index in [1.165, 1.54) is 11.3 Å². The number of rotatable bonds is 2. The highest BCUT2D eigenvalue weighted by Gasteiger charge is 2.06. The van der Waals surface area contributed by atoms with E-state index in [1.807, 2.05) is 0 Å². The molecule has 0 saturated carbocycles. The molecule has 1 aromatic carbocycles. The molecule has 3 nitrogen and oxygen atoms in total. The van der Waals surface area contributed by atoms with E-state index in [0.717, 1.165) is 0 Å². The first-order valence-corrected chi connectivity index (χ1v) is 5.48. The standard InChI is InChI=1S/C10H7ClN2OS.BrH/c11-8-3-1-7(2-4-8)9(14)13-10-12-5-6-15-10;/h1-6H,(H,12,13,14);1H. The number of amides is 1. The molecule has 1 aromatic heterocycles. The van der Waals surface area contributed by atoms with Gasteiger partial charge >= 0.3 is 0 Å². The van der Waals surface area contributed by atoms with E-state index in [4.69, 9.17) is 11.6 Å². The van der Waals surface area contributed by atoms with Crippen LogP contribution in [0.25, 0.3) is 0 Å². The second kappa shape index (κ2) is 5.98. The summed E-state index contributed by atoms with van der Waals surface area (Å²) in [6, 6.07) is 6.70. The third-order valence-corrected chi connectivity index (χ3v) is 2.70. The van der Waals surface area contributed by atoms with Crippen LogP contribution in [0, 0.1) is 0 Å². The Morgan fingerprint density at radius 1 is 1.31 bits per heavy atom. The normalized spacial score (nSPS) is 9.31. The summed E-state index contributed by atoms with van der Waals surface area (Å²) in [6.45, 7) is 0. The monoisotopic (exact) mass is 318 g/mol. The van der Waals surface area contributed by atoms with Crippen molar-refractivity contribution in [2.24, 2.45) is 0 Å². The van der Waals surface area contributed by atoms with E-state index >= 15 is 0 Å². The smallest absolute Gasteiger partial charge is 0.257 e. The zero-order chi connectivity index (χ0) is 10.7. The van der Waals surface area contributed by atoms with Crippen LogP contribution in [-0.2, 0) is 0 Å². The minimum atomic E-state index is -0.179. The van der Waals surface area contributed by atoms with Crippen molar-refractivity contribution in [2.45, 2.75) is 0 Å². The van der Waals surface area contributed by atoms with Crippen LogP contribution in [0.1, 0.15) is 10.4 Å². The van der Waals surface area contributed by atoms with Crippen molar-refractivity contribution in [1.29, 1.82) is 0 Å². The molecule has 2 aromatic rings. The maximum absolute atomic E-state index is 11.6. The molecule has 0 unspecified atom stereocenters. The summed E-state index contributed by atoms with van der Waals surface area (Å²) >= 11 is 7.10. The molecule has 1 amide bonds. The fraction of sp³-hybridized carbons (Fsp3) is 0. The van der Waals surface area contributed by atoms with E-state index in [9.17, 15) is 4.79 Å². The average Bonchev–Trinajstić information content (AvgIpc) is 2.71. The summed E-state index contributed by atoms with van der Waals surface area (Å²) < 4.78 is 0. The molecule has 16 heavy (non-hydrogen) atoms. The third kappa shape index (κ3) is 3.30. The molecule has 0 radical (unpaired) electrons. The molecule has 6 heteroatoms. The summed E-state index contributed by atoms with van der Waals surface area (Å²) in [5.74, 6) is -0.179. The lowest BCUT2D eigenvalue weighted by atomic mass is 10.2. The molecule has 1 N–H and O–H groups in total. The number of benzene rings is 1. The molecular formula is C10H8BrClN2OS. The van der Waals surface area contributed by atoms with Gasteiger partial charge in [-0.3, -0.25) is 10.1 Å². The average molecular weight is 320 g/mol. The highest BCUT2D eigenvalue weighted by molar-refractivity contribution is 8.93. The molecular weight excluding hydrogens is 312 g/mol. The summed E-state index contributed by atoms with van der Waals surface area (Å²) in [5.41, 5.74) is 0.564. The van der Waals surface area contributed by atoms with Crippen LogP contribution in [-0.4, -0.2) is 10.9 Å². The number of anilines is 1. The molecule has 2 rings (SSSR count). The maximum Gasteiger partial charge on any atom is 0.257 e. The number of carbonyl (C=O) groups excluding carboxylic acids is 1. The Morgan fingerprint density at radius 3 is 2.56 bits per heavy atom. The lowest BCUT2D eigenvalue weighted by Gasteiger charge is -2.00. The van der Waals surface area contributed by atoms with Crippen molar-refractivity contribution in [1.82, 2.24) is 4.98 Å². The number of hydrogen-bond donors (Lipinski definition) is 1. The van der Waals surface area contributed by atoms with Crippen LogP contribution >= 0.6 is 39.9 Å². The SMILES string of the molecule is Br.O=C(Nc1nccs1)c1ccc(Cl)cc1. The van der Waals surface area contributed by atoms with Gasteiger partial charge in [0.1, 0.15) is 0 Å². The van der Waals surface area contributed by atoms with Crippen LogP contribution in [0.4, 0.5) is 5.13 Å². The van der Waals surface area contributed by atoms with Gasteiger partial charge in [0.05, 0.1) is 0 Å². The molecule has 0 aliphatic carbocycles. The van der Waals surface area contributed by atoms with Crippen molar-refractivity contribution in [3.05, 3.63) is 46.4 Å². The zero-order valence-corrected chi connectivity index (χ0v) is 11.3. The molecule has 0 aliphatic heterocycles. The molecule has 0 bridgehead atoms. The van der Waals surface area contributed by atoms with Crippen LogP contribution < -0.4 is 5.32 Å². The van der Waals surface area contributed by atoms with E-state index in [1.54, 1.807) is 35.8 Å². The van der Waals surface area contributed by atoms with Gasteiger partial charge in [0.2, 0.25) is 0 Å². The van der Waals surface area contributed by atoms with Gasteiger partial charge in [-0.05, 0) is 24.3 Å². The Labute approximate surface area is 112 Å². The number of halogens is 2. The molecule has 0 spiro atoms. The van der Waals surface area contributed by atoms with Gasteiger partial charge in [0.15, 0.2) is 5.13 Å². The van der Waals surface area contributed by atoms with Crippen molar-refractivity contribution in [3.63, 3.8) is 0 Å². The van der Waals surface area contributed by atoms with E-state index in [0.29, 0.717) is 15.7 Å². The van der Waals surface area contributed by atoms with E-state index in [2.05, 4.69) is 10.3 Å². The lowest BCUT2D eigenvalue weighted by Crippen LogP contribution is -2.11. The molecule has 84 valence electrons. The van der Waals surface area contributed by atoms with Crippen molar-refractivity contribution in [2.75, 3.05) is 5.32 Å². The molecule has 1 heterocycles. The van der Waals surface area contributed by atoms with E-state index < -0.39 is 0 Å². The predicted molar refractivity (Wildman–Crippen MR) is 71.8 cm³/mol. The van der Waals surface area contributed by atoms with Gasteiger partial charge in [-0.25, -0.2) is 4.98 Å². The number of thiazole rings is 1. The quantitative estimate of drug-likeness (QED) is 0.918.